The van der Waals surface area contributed by atoms with Gasteiger partial charge in [0.1, 0.15) is 5.78 Å². The summed E-state index contributed by atoms with van der Waals surface area (Å²) < 4.78 is 0. The molecule has 0 aromatic heterocycles. The first-order valence-corrected chi connectivity index (χ1v) is 4.48. The second-order valence-electron chi connectivity index (χ2n) is 3.40. The lowest BCUT2D eigenvalue weighted by Crippen LogP contribution is -2.32. The summed E-state index contributed by atoms with van der Waals surface area (Å²) in [6.45, 7) is 7.52. The smallest absolute Gasteiger partial charge is 0.137 e. The van der Waals surface area contributed by atoms with E-state index in [2.05, 4.69) is 22.4 Å². The molecule has 12 heavy (non-hydrogen) atoms. The fourth-order valence-corrected chi connectivity index (χ4v) is 1.15. The number of isothiocyanates is 1. The largest absolute Gasteiger partial charge is 0.299 e. The predicted octanol–water partition coefficient (Wildman–Crippen LogP) is 2.48. The van der Waals surface area contributed by atoms with Crippen LogP contribution in [-0.2, 0) is 4.79 Å². The van der Waals surface area contributed by atoms with Crippen LogP contribution < -0.4 is 0 Å². The second kappa shape index (κ2) is 4.48. The molecule has 0 spiro atoms. The molecule has 0 aliphatic rings. The first-order chi connectivity index (χ1) is 5.45. The van der Waals surface area contributed by atoms with Crippen LogP contribution in [0.25, 0.3) is 0 Å². The van der Waals surface area contributed by atoms with Crippen molar-refractivity contribution < 1.29 is 4.79 Å². The molecular weight excluding hydrogens is 170 g/mol. The van der Waals surface area contributed by atoms with E-state index in [-0.39, 0.29) is 11.7 Å². The molecule has 3 heteroatoms. The van der Waals surface area contributed by atoms with Gasteiger partial charge in [-0.3, -0.25) is 4.79 Å². The second-order valence-corrected chi connectivity index (χ2v) is 3.58. The zero-order chi connectivity index (χ0) is 9.78. The van der Waals surface area contributed by atoms with Gasteiger partial charge in [0.05, 0.1) is 10.7 Å². The van der Waals surface area contributed by atoms with E-state index >= 15 is 0 Å². The van der Waals surface area contributed by atoms with Gasteiger partial charge in [0.2, 0.25) is 0 Å². The summed E-state index contributed by atoms with van der Waals surface area (Å²) in [6, 6.07) is 0. The Morgan fingerprint density at radius 1 is 1.67 bits per heavy atom. The molecule has 0 aromatic rings. The molecule has 0 aliphatic carbocycles. The van der Waals surface area contributed by atoms with Crippen LogP contribution in [0.3, 0.4) is 0 Å². The van der Waals surface area contributed by atoms with Crippen molar-refractivity contribution in [3.63, 3.8) is 0 Å². The van der Waals surface area contributed by atoms with Crippen LogP contribution in [0.4, 0.5) is 0 Å². The van der Waals surface area contributed by atoms with E-state index in [0.29, 0.717) is 6.42 Å². The maximum Gasteiger partial charge on any atom is 0.137 e. The molecule has 68 valence electrons. The molecule has 0 bridgehead atoms. The highest BCUT2D eigenvalue weighted by Gasteiger charge is 2.29. The maximum absolute atomic E-state index is 11.3. The molecule has 1 unspecified atom stereocenters. The fourth-order valence-electron chi connectivity index (χ4n) is 0.915. The molecule has 0 saturated heterocycles. The quantitative estimate of drug-likeness (QED) is 0.497. The Morgan fingerprint density at radius 3 is 2.50 bits per heavy atom. The molecule has 0 saturated carbocycles. The Morgan fingerprint density at radius 2 is 2.17 bits per heavy atom. The molecule has 0 amide bonds. The highest BCUT2D eigenvalue weighted by atomic mass is 32.1. The topological polar surface area (TPSA) is 29.4 Å². The minimum Gasteiger partial charge on any atom is -0.299 e. The number of Topliss-reactive ketones (excluding diaryl/α,β-unsaturated/α-hetero) is 1. The van der Waals surface area contributed by atoms with Gasteiger partial charge in [-0.25, -0.2) is 4.99 Å². The van der Waals surface area contributed by atoms with E-state index in [9.17, 15) is 4.79 Å². The summed E-state index contributed by atoms with van der Waals surface area (Å²) in [5.74, 6) is 0.131. The zero-order valence-electron chi connectivity index (χ0n) is 8.05. The fraction of sp³-hybridized carbons (Fsp3) is 0.778. The first kappa shape index (κ1) is 11.5. The van der Waals surface area contributed by atoms with E-state index in [1.807, 2.05) is 27.7 Å². The molecule has 0 fully saturated rings. The normalized spacial score (nSPS) is 13.3. The lowest BCUT2D eigenvalue weighted by Gasteiger charge is -2.24. The number of carbonyl (C=O) groups excluding carboxylic acids is 1. The van der Waals surface area contributed by atoms with Crippen molar-refractivity contribution in [2.75, 3.05) is 0 Å². The van der Waals surface area contributed by atoms with Crippen molar-refractivity contribution in [3.8, 4) is 0 Å². The summed E-state index contributed by atoms with van der Waals surface area (Å²) in [7, 11) is 0. The van der Waals surface area contributed by atoms with Gasteiger partial charge in [-0.1, -0.05) is 13.8 Å². The van der Waals surface area contributed by atoms with Crippen molar-refractivity contribution in [1.29, 1.82) is 0 Å². The average Bonchev–Trinajstić information content (AvgIpc) is 2.01. The minimum absolute atomic E-state index is 0.0852. The third kappa shape index (κ3) is 2.84. The van der Waals surface area contributed by atoms with Gasteiger partial charge in [0, 0.05) is 12.3 Å². The van der Waals surface area contributed by atoms with Gasteiger partial charge in [0.15, 0.2) is 0 Å². The third-order valence-electron chi connectivity index (χ3n) is 2.22. The van der Waals surface area contributed by atoms with Gasteiger partial charge < -0.3 is 0 Å². The van der Waals surface area contributed by atoms with Crippen molar-refractivity contribution in [2.45, 2.75) is 39.7 Å². The van der Waals surface area contributed by atoms with Crippen molar-refractivity contribution >= 4 is 23.2 Å². The summed E-state index contributed by atoms with van der Waals surface area (Å²) in [6.07, 6.45) is 0.553. The van der Waals surface area contributed by atoms with Crippen molar-refractivity contribution in [1.82, 2.24) is 0 Å². The number of hydrogen-bond donors (Lipinski definition) is 0. The number of thiocarbonyl (C=S) groups is 1. The number of ketones is 1. The number of hydrogen-bond acceptors (Lipinski definition) is 3. The number of carbonyl (C=O) groups is 1. The van der Waals surface area contributed by atoms with E-state index in [1.54, 1.807) is 0 Å². The minimum atomic E-state index is -0.408. The molecule has 0 N–H and O–H groups in total. The van der Waals surface area contributed by atoms with Crippen LogP contribution in [0, 0.1) is 5.92 Å². The Labute approximate surface area is 79.1 Å². The highest BCUT2D eigenvalue weighted by molar-refractivity contribution is 7.78. The van der Waals surface area contributed by atoms with Gasteiger partial charge in [-0.05, 0) is 26.1 Å². The number of nitrogens with zero attached hydrogens (tertiary/aromatic N) is 1. The monoisotopic (exact) mass is 185 g/mol. The highest BCUT2D eigenvalue weighted by Crippen LogP contribution is 2.22. The van der Waals surface area contributed by atoms with E-state index in [1.165, 1.54) is 0 Å². The summed E-state index contributed by atoms with van der Waals surface area (Å²) >= 11 is 4.51. The van der Waals surface area contributed by atoms with Crippen molar-refractivity contribution in [2.24, 2.45) is 10.9 Å². The number of rotatable bonds is 4. The van der Waals surface area contributed by atoms with Crippen molar-refractivity contribution in [3.05, 3.63) is 0 Å². The maximum atomic E-state index is 11.3. The lowest BCUT2D eigenvalue weighted by molar-refractivity contribution is -0.123. The molecular formula is C9H15NOS. The summed E-state index contributed by atoms with van der Waals surface area (Å²) in [5, 5.41) is 2.32. The van der Waals surface area contributed by atoms with Gasteiger partial charge >= 0.3 is 0 Å². The van der Waals surface area contributed by atoms with Crippen LogP contribution in [-0.4, -0.2) is 16.5 Å². The summed E-state index contributed by atoms with van der Waals surface area (Å²) in [5.41, 5.74) is -0.408. The molecule has 0 aliphatic heterocycles. The van der Waals surface area contributed by atoms with Crippen LogP contribution in [0.5, 0.6) is 0 Å². The molecule has 0 rings (SSSR count). The Kier molecular flexibility index (Phi) is 4.29. The van der Waals surface area contributed by atoms with Crippen LogP contribution in [0.1, 0.15) is 34.1 Å². The summed E-state index contributed by atoms with van der Waals surface area (Å²) in [4.78, 5) is 15.3. The van der Waals surface area contributed by atoms with Crippen LogP contribution in [0.15, 0.2) is 4.99 Å². The van der Waals surface area contributed by atoms with Gasteiger partial charge in [-0.15, -0.1) is 0 Å². The molecule has 0 radical (unpaired) electrons. The Hall–Kier alpha value is -0.530. The van der Waals surface area contributed by atoms with E-state index < -0.39 is 5.54 Å². The SMILES string of the molecule is CCC(=O)C(C)C(C)(C)N=C=S. The van der Waals surface area contributed by atoms with Crippen LogP contribution in [0.2, 0.25) is 0 Å². The Bertz CT molecular complexity index is 217. The molecule has 0 heterocycles. The standard InChI is InChI=1S/C9H15NOS/c1-5-8(11)7(2)9(3,4)10-6-12/h7H,5H2,1-4H3. The Balaban J connectivity index is 4.55. The average molecular weight is 185 g/mol. The van der Waals surface area contributed by atoms with E-state index in [4.69, 9.17) is 0 Å². The van der Waals surface area contributed by atoms with Crippen LogP contribution >= 0.6 is 12.2 Å². The zero-order valence-corrected chi connectivity index (χ0v) is 8.86. The molecule has 1 atom stereocenters. The lowest BCUT2D eigenvalue weighted by atomic mass is 9.85. The number of aliphatic imine (C=N–C) groups is 1. The van der Waals surface area contributed by atoms with Gasteiger partial charge in [0.25, 0.3) is 0 Å². The third-order valence-corrected chi connectivity index (χ3v) is 2.32. The predicted molar refractivity (Wildman–Crippen MR) is 53.6 cm³/mol. The molecule has 2 nitrogen and oxygen atoms in total. The van der Waals surface area contributed by atoms with Gasteiger partial charge in [-0.2, -0.15) is 0 Å². The van der Waals surface area contributed by atoms with E-state index in [0.717, 1.165) is 0 Å². The molecule has 0 aromatic carbocycles. The first-order valence-electron chi connectivity index (χ1n) is 4.07.